The molecule has 1 fully saturated rings. The van der Waals surface area contributed by atoms with Crippen LogP contribution in [0.3, 0.4) is 0 Å². The number of halogens is 1. The molecule has 24 heavy (non-hydrogen) atoms. The van der Waals surface area contributed by atoms with Crippen molar-refractivity contribution in [2.24, 2.45) is 4.99 Å². The Bertz CT molecular complexity index is 493. The molecule has 0 saturated carbocycles. The van der Waals surface area contributed by atoms with Gasteiger partial charge in [0, 0.05) is 18.3 Å². The molecule has 1 aliphatic heterocycles. The number of ether oxygens (including phenoxy) is 1. The monoisotopic (exact) mass is 463 g/mol. The second kappa shape index (κ2) is 12.7. The van der Waals surface area contributed by atoms with Crippen LogP contribution < -0.4 is 15.4 Å². The van der Waals surface area contributed by atoms with Gasteiger partial charge in [0.2, 0.25) is 0 Å². The predicted octanol–water partition coefficient (Wildman–Crippen LogP) is 3.70. The van der Waals surface area contributed by atoms with Crippen molar-refractivity contribution in [1.82, 2.24) is 10.6 Å². The van der Waals surface area contributed by atoms with Crippen LogP contribution in [0.2, 0.25) is 0 Å². The standard InChI is InChI=1S/C18H29N3OS.HI/c1-3-19-18(21-14-17-10-6-12-23-17)20-11-5-8-15-7-4-9-16(13-15)22-2;/h4,7,9,13,17H,3,5-6,8,10-12,14H2,1-2H3,(H2,19,20,21);1H. The summed E-state index contributed by atoms with van der Waals surface area (Å²) in [5.74, 6) is 3.18. The van der Waals surface area contributed by atoms with Gasteiger partial charge in [-0.1, -0.05) is 12.1 Å². The first kappa shape index (κ1) is 21.4. The number of methoxy groups -OCH3 is 1. The highest BCUT2D eigenvalue weighted by atomic mass is 127. The molecule has 1 aromatic carbocycles. The fourth-order valence-electron chi connectivity index (χ4n) is 2.65. The van der Waals surface area contributed by atoms with E-state index in [1.165, 1.54) is 24.2 Å². The van der Waals surface area contributed by atoms with E-state index >= 15 is 0 Å². The number of aryl methyl sites for hydroxylation is 1. The maximum Gasteiger partial charge on any atom is 0.191 e. The van der Waals surface area contributed by atoms with Crippen LogP contribution in [-0.2, 0) is 6.42 Å². The smallest absolute Gasteiger partial charge is 0.191 e. The SMILES string of the molecule is CCNC(=NCC1CCCS1)NCCCc1cccc(OC)c1.I. The molecule has 0 spiro atoms. The lowest BCUT2D eigenvalue weighted by Gasteiger charge is -2.12. The minimum absolute atomic E-state index is 0. The van der Waals surface area contributed by atoms with Crippen LogP contribution in [0.5, 0.6) is 5.75 Å². The fraction of sp³-hybridized carbons (Fsp3) is 0.611. The van der Waals surface area contributed by atoms with Gasteiger partial charge in [-0.2, -0.15) is 11.8 Å². The Kier molecular flexibility index (Phi) is 11.3. The molecule has 6 heteroatoms. The van der Waals surface area contributed by atoms with Crippen LogP contribution in [-0.4, -0.2) is 43.7 Å². The molecule has 1 saturated heterocycles. The first-order valence-corrected chi connectivity index (χ1v) is 9.63. The third kappa shape index (κ3) is 7.96. The molecule has 1 atom stereocenters. The van der Waals surface area contributed by atoms with Crippen LogP contribution in [0, 0.1) is 0 Å². The highest BCUT2D eigenvalue weighted by molar-refractivity contribution is 14.0. The zero-order chi connectivity index (χ0) is 16.3. The predicted molar refractivity (Wildman–Crippen MR) is 116 cm³/mol. The van der Waals surface area contributed by atoms with E-state index < -0.39 is 0 Å². The second-order valence-electron chi connectivity index (χ2n) is 5.74. The Hall–Kier alpha value is -0.630. The Labute approximate surface area is 167 Å². The summed E-state index contributed by atoms with van der Waals surface area (Å²) < 4.78 is 5.27. The van der Waals surface area contributed by atoms with Crippen molar-refractivity contribution in [1.29, 1.82) is 0 Å². The van der Waals surface area contributed by atoms with E-state index in [9.17, 15) is 0 Å². The van der Waals surface area contributed by atoms with Gasteiger partial charge in [0.15, 0.2) is 5.96 Å². The van der Waals surface area contributed by atoms with E-state index in [0.717, 1.165) is 44.2 Å². The van der Waals surface area contributed by atoms with Crippen LogP contribution in [0.4, 0.5) is 0 Å². The molecule has 2 rings (SSSR count). The van der Waals surface area contributed by atoms with Crippen molar-refractivity contribution in [2.45, 2.75) is 37.9 Å². The van der Waals surface area contributed by atoms with Crippen LogP contribution in [0.1, 0.15) is 31.7 Å². The normalized spacial score (nSPS) is 17.2. The molecule has 1 heterocycles. The summed E-state index contributed by atoms with van der Waals surface area (Å²) in [5, 5.41) is 7.49. The molecule has 0 aromatic heterocycles. The number of benzene rings is 1. The molecule has 0 amide bonds. The lowest BCUT2D eigenvalue weighted by molar-refractivity contribution is 0.414. The maximum absolute atomic E-state index is 5.27. The van der Waals surface area contributed by atoms with E-state index in [-0.39, 0.29) is 24.0 Å². The quantitative estimate of drug-likeness (QED) is 0.267. The third-order valence-corrected chi connectivity index (χ3v) is 5.27. The number of aliphatic imine (C=N–C) groups is 1. The first-order chi connectivity index (χ1) is 11.3. The first-order valence-electron chi connectivity index (χ1n) is 8.58. The topological polar surface area (TPSA) is 45.7 Å². The Morgan fingerprint density at radius 1 is 1.38 bits per heavy atom. The lowest BCUT2D eigenvalue weighted by atomic mass is 10.1. The van der Waals surface area contributed by atoms with Gasteiger partial charge in [-0.25, -0.2) is 0 Å². The van der Waals surface area contributed by atoms with Crippen LogP contribution >= 0.6 is 35.7 Å². The van der Waals surface area contributed by atoms with Crippen molar-refractivity contribution < 1.29 is 4.74 Å². The van der Waals surface area contributed by atoms with Gasteiger partial charge in [-0.3, -0.25) is 4.99 Å². The van der Waals surface area contributed by atoms with Crippen molar-refractivity contribution in [2.75, 3.05) is 32.5 Å². The summed E-state index contributed by atoms with van der Waals surface area (Å²) >= 11 is 2.06. The molecule has 1 aromatic rings. The molecule has 0 bridgehead atoms. The van der Waals surface area contributed by atoms with E-state index in [0.29, 0.717) is 5.25 Å². The number of nitrogens with zero attached hydrogens (tertiary/aromatic N) is 1. The lowest BCUT2D eigenvalue weighted by Crippen LogP contribution is -2.38. The summed E-state index contributed by atoms with van der Waals surface area (Å²) in [5.41, 5.74) is 1.32. The number of nitrogens with one attached hydrogen (secondary N) is 2. The van der Waals surface area contributed by atoms with Gasteiger partial charge in [0.25, 0.3) is 0 Å². The molecule has 2 N–H and O–H groups in total. The number of thioether (sulfide) groups is 1. The highest BCUT2D eigenvalue weighted by Crippen LogP contribution is 2.25. The fourth-order valence-corrected chi connectivity index (χ4v) is 3.83. The maximum atomic E-state index is 5.27. The van der Waals surface area contributed by atoms with Gasteiger partial charge in [-0.15, -0.1) is 24.0 Å². The van der Waals surface area contributed by atoms with Crippen molar-refractivity contribution in [3.05, 3.63) is 29.8 Å². The van der Waals surface area contributed by atoms with Crippen molar-refractivity contribution in [3.63, 3.8) is 0 Å². The molecule has 0 radical (unpaired) electrons. The van der Waals surface area contributed by atoms with Gasteiger partial charge >= 0.3 is 0 Å². The van der Waals surface area contributed by atoms with Gasteiger partial charge in [-0.05, 0) is 56.1 Å². The molecule has 1 aliphatic rings. The summed E-state index contributed by atoms with van der Waals surface area (Å²) in [6.45, 7) is 4.87. The van der Waals surface area contributed by atoms with Gasteiger partial charge in [0.05, 0.1) is 13.7 Å². The van der Waals surface area contributed by atoms with E-state index in [4.69, 9.17) is 9.73 Å². The molecular formula is C18H30IN3OS. The summed E-state index contributed by atoms with van der Waals surface area (Å²) in [4.78, 5) is 4.72. The largest absolute Gasteiger partial charge is 0.497 e. The molecule has 136 valence electrons. The number of hydrogen-bond acceptors (Lipinski definition) is 3. The van der Waals surface area contributed by atoms with E-state index in [1.807, 2.05) is 12.1 Å². The molecule has 4 nitrogen and oxygen atoms in total. The van der Waals surface area contributed by atoms with Crippen molar-refractivity contribution >= 4 is 41.7 Å². The Morgan fingerprint density at radius 3 is 2.96 bits per heavy atom. The van der Waals surface area contributed by atoms with Crippen LogP contribution in [0.25, 0.3) is 0 Å². The average molecular weight is 463 g/mol. The zero-order valence-electron chi connectivity index (χ0n) is 14.7. The second-order valence-corrected chi connectivity index (χ2v) is 7.14. The average Bonchev–Trinajstić information content (AvgIpc) is 3.10. The van der Waals surface area contributed by atoms with Crippen molar-refractivity contribution in [3.8, 4) is 5.75 Å². The minimum atomic E-state index is 0. The Morgan fingerprint density at radius 2 is 2.25 bits per heavy atom. The van der Waals surface area contributed by atoms with Gasteiger partial charge < -0.3 is 15.4 Å². The van der Waals surface area contributed by atoms with E-state index in [1.54, 1.807) is 7.11 Å². The van der Waals surface area contributed by atoms with Gasteiger partial charge in [0.1, 0.15) is 5.75 Å². The molecule has 1 unspecified atom stereocenters. The highest BCUT2D eigenvalue weighted by Gasteiger charge is 2.14. The molecular weight excluding hydrogens is 433 g/mol. The van der Waals surface area contributed by atoms with Crippen LogP contribution in [0.15, 0.2) is 29.3 Å². The minimum Gasteiger partial charge on any atom is -0.497 e. The summed E-state index contributed by atoms with van der Waals surface area (Å²) in [6.07, 6.45) is 4.77. The third-order valence-electron chi connectivity index (χ3n) is 3.89. The summed E-state index contributed by atoms with van der Waals surface area (Å²) in [7, 11) is 1.71. The zero-order valence-corrected chi connectivity index (χ0v) is 17.9. The molecule has 0 aliphatic carbocycles. The number of rotatable bonds is 8. The Balaban J connectivity index is 0.00000288. The van der Waals surface area contributed by atoms with E-state index in [2.05, 4.69) is 41.5 Å². The summed E-state index contributed by atoms with van der Waals surface area (Å²) in [6, 6.07) is 8.29. The number of guanidine groups is 1. The number of hydrogen-bond donors (Lipinski definition) is 2.